The van der Waals surface area contributed by atoms with Gasteiger partial charge in [0.1, 0.15) is 0 Å². The summed E-state index contributed by atoms with van der Waals surface area (Å²) in [7, 11) is 0. The summed E-state index contributed by atoms with van der Waals surface area (Å²) in [5.74, 6) is 0. The van der Waals surface area contributed by atoms with Crippen molar-refractivity contribution >= 4 is 5.69 Å². The molecule has 1 aliphatic rings. The van der Waals surface area contributed by atoms with Crippen LogP contribution in [0.2, 0.25) is 0 Å². The number of pyridine rings is 1. The van der Waals surface area contributed by atoms with Gasteiger partial charge in [0, 0.05) is 42.3 Å². The van der Waals surface area contributed by atoms with Crippen LogP contribution < -0.4 is 10.2 Å². The molecule has 0 aromatic carbocycles. The van der Waals surface area contributed by atoms with E-state index < -0.39 is 0 Å². The third-order valence-electron chi connectivity index (χ3n) is 3.76. The summed E-state index contributed by atoms with van der Waals surface area (Å²) < 4.78 is 5.74. The number of aryl methyl sites for hydroxylation is 1. The highest BCUT2D eigenvalue weighted by molar-refractivity contribution is 5.55. The van der Waals surface area contributed by atoms with Crippen LogP contribution in [0.5, 0.6) is 0 Å². The van der Waals surface area contributed by atoms with Gasteiger partial charge in [0.05, 0.1) is 12.7 Å². The summed E-state index contributed by atoms with van der Waals surface area (Å²) >= 11 is 0. The third-order valence-corrected chi connectivity index (χ3v) is 3.76. The van der Waals surface area contributed by atoms with Crippen molar-refractivity contribution in [2.45, 2.75) is 52.8 Å². The normalized spacial score (nSPS) is 23.1. The van der Waals surface area contributed by atoms with Gasteiger partial charge in [-0.3, -0.25) is 4.98 Å². The van der Waals surface area contributed by atoms with Crippen LogP contribution in [0.15, 0.2) is 12.3 Å². The van der Waals surface area contributed by atoms with E-state index in [0.717, 1.165) is 38.4 Å². The zero-order valence-corrected chi connectivity index (χ0v) is 13.1. The molecule has 2 unspecified atom stereocenters. The summed E-state index contributed by atoms with van der Waals surface area (Å²) in [5, 5.41) is 3.48. The molecule has 0 aliphatic carbocycles. The number of hydrogen-bond donors (Lipinski definition) is 1. The summed E-state index contributed by atoms with van der Waals surface area (Å²) in [6, 6.07) is 2.62. The van der Waals surface area contributed by atoms with E-state index in [4.69, 9.17) is 4.74 Å². The molecule has 112 valence electrons. The number of nitrogens with one attached hydrogen (secondary N) is 1. The first-order valence-electron chi connectivity index (χ1n) is 7.66. The van der Waals surface area contributed by atoms with E-state index in [-0.39, 0.29) is 6.10 Å². The van der Waals surface area contributed by atoms with Crippen molar-refractivity contribution in [3.05, 3.63) is 23.5 Å². The lowest BCUT2D eigenvalue weighted by Crippen LogP contribution is -2.48. The second-order valence-electron chi connectivity index (χ2n) is 5.78. The van der Waals surface area contributed by atoms with Crippen molar-refractivity contribution in [2.24, 2.45) is 0 Å². The topological polar surface area (TPSA) is 37.4 Å². The zero-order chi connectivity index (χ0) is 14.5. The molecule has 1 saturated heterocycles. The Balaban J connectivity index is 2.21. The molecule has 4 heteroatoms. The van der Waals surface area contributed by atoms with Crippen LogP contribution in [0, 0.1) is 6.92 Å². The maximum Gasteiger partial charge on any atom is 0.0723 e. The van der Waals surface area contributed by atoms with Crippen molar-refractivity contribution in [3.63, 3.8) is 0 Å². The first-order chi connectivity index (χ1) is 9.61. The third kappa shape index (κ3) is 3.70. The van der Waals surface area contributed by atoms with Crippen molar-refractivity contribution in [2.75, 3.05) is 24.6 Å². The molecule has 20 heavy (non-hydrogen) atoms. The van der Waals surface area contributed by atoms with Crippen LogP contribution >= 0.6 is 0 Å². The molecule has 1 aromatic heterocycles. The van der Waals surface area contributed by atoms with Crippen LogP contribution in [0.25, 0.3) is 0 Å². The van der Waals surface area contributed by atoms with Crippen molar-refractivity contribution in [3.8, 4) is 0 Å². The Hall–Kier alpha value is -1.13. The van der Waals surface area contributed by atoms with E-state index in [0.29, 0.717) is 6.04 Å². The lowest BCUT2D eigenvalue weighted by atomic mass is 10.1. The highest BCUT2D eigenvalue weighted by atomic mass is 16.5. The number of nitrogens with zero attached hydrogens (tertiary/aromatic N) is 2. The molecule has 0 saturated carbocycles. The van der Waals surface area contributed by atoms with E-state index in [1.165, 1.54) is 11.3 Å². The molecule has 4 nitrogen and oxygen atoms in total. The smallest absolute Gasteiger partial charge is 0.0723 e. The number of rotatable bonds is 5. The Morgan fingerprint density at radius 3 is 3.00 bits per heavy atom. The van der Waals surface area contributed by atoms with Crippen LogP contribution in [0.3, 0.4) is 0 Å². The maximum absolute atomic E-state index is 5.74. The maximum atomic E-state index is 5.74. The molecular formula is C16H27N3O. The van der Waals surface area contributed by atoms with Crippen LogP contribution in [0.4, 0.5) is 5.69 Å². The van der Waals surface area contributed by atoms with Crippen molar-refractivity contribution in [1.82, 2.24) is 10.3 Å². The number of ether oxygens (including phenoxy) is 1. The van der Waals surface area contributed by atoms with Crippen LogP contribution in [-0.4, -0.2) is 36.8 Å². The fraction of sp³-hybridized carbons (Fsp3) is 0.688. The minimum absolute atomic E-state index is 0.288. The largest absolute Gasteiger partial charge is 0.375 e. The molecule has 0 amide bonds. The summed E-state index contributed by atoms with van der Waals surface area (Å²) in [5.41, 5.74) is 3.67. The average molecular weight is 277 g/mol. The first kappa shape index (κ1) is 15.3. The van der Waals surface area contributed by atoms with Gasteiger partial charge in [0.2, 0.25) is 0 Å². The second kappa shape index (κ2) is 7.04. The Kier molecular flexibility index (Phi) is 5.38. The standard InChI is InChI=1S/C16H27N3O/c1-5-6-17-8-15-9-18-12(2)7-16(15)19-10-14(4)20-11-13(19)3/h7,9,13-14,17H,5-6,8,10-11H2,1-4H3. The van der Waals surface area contributed by atoms with E-state index >= 15 is 0 Å². The van der Waals surface area contributed by atoms with E-state index in [1.54, 1.807) is 0 Å². The fourth-order valence-electron chi connectivity index (χ4n) is 2.62. The average Bonchev–Trinajstić information content (AvgIpc) is 2.43. The Labute approximate surface area is 122 Å². The molecule has 2 rings (SSSR count). The fourth-order valence-corrected chi connectivity index (χ4v) is 2.62. The predicted molar refractivity (Wildman–Crippen MR) is 83.2 cm³/mol. The van der Waals surface area contributed by atoms with Crippen LogP contribution in [-0.2, 0) is 11.3 Å². The van der Waals surface area contributed by atoms with Gasteiger partial charge in [0.15, 0.2) is 0 Å². The zero-order valence-electron chi connectivity index (χ0n) is 13.1. The Morgan fingerprint density at radius 2 is 2.25 bits per heavy atom. The van der Waals surface area contributed by atoms with Gasteiger partial charge in [-0.05, 0) is 39.8 Å². The monoisotopic (exact) mass is 277 g/mol. The van der Waals surface area contributed by atoms with Crippen LogP contribution in [0.1, 0.15) is 38.4 Å². The molecule has 0 spiro atoms. The van der Waals surface area contributed by atoms with E-state index in [1.807, 2.05) is 6.20 Å². The molecule has 1 N–H and O–H groups in total. The predicted octanol–water partition coefficient (Wildman–Crippen LogP) is 2.50. The Morgan fingerprint density at radius 1 is 1.45 bits per heavy atom. The molecular weight excluding hydrogens is 250 g/mol. The summed E-state index contributed by atoms with van der Waals surface area (Å²) in [6.07, 6.45) is 3.45. The highest BCUT2D eigenvalue weighted by Gasteiger charge is 2.25. The molecule has 2 heterocycles. The molecule has 1 aromatic rings. The van der Waals surface area contributed by atoms with E-state index in [9.17, 15) is 0 Å². The quantitative estimate of drug-likeness (QED) is 0.839. The second-order valence-corrected chi connectivity index (χ2v) is 5.78. The SMILES string of the molecule is CCCNCc1cnc(C)cc1N1CC(C)OCC1C. The van der Waals surface area contributed by atoms with E-state index in [2.05, 4.69) is 49.0 Å². The van der Waals surface area contributed by atoms with Crippen molar-refractivity contribution in [1.29, 1.82) is 0 Å². The van der Waals surface area contributed by atoms with Gasteiger partial charge in [0.25, 0.3) is 0 Å². The number of aromatic nitrogens is 1. The minimum Gasteiger partial charge on any atom is -0.375 e. The molecule has 1 aliphatic heterocycles. The van der Waals surface area contributed by atoms with Gasteiger partial charge >= 0.3 is 0 Å². The number of morpholine rings is 1. The molecule has 0 radical (unpaired) electrons. The highest BCUT2D eigenvalue weighted by Crippen LogP contribution is 2.26. The Bertz CT molecular complexity index is 436. The van der Waals surface area contributed by atoms with Gasteiger partial charge in [-0.25, -0.2) is 0 Å². The molecule has 1 fully saturated rings. The van der Waals surface area contributed by atoms with Gasteiger partial charge in [-0.2, -0.15) is 0 Å². The van der Waals surface area contributed by atoms with Crippen molar-refractivity contribution < 1.29 is 4.74 Å². The number of hydrogen-bond acceptors (Lipinski definition) is 4. The lowest BCUT2D eigenvalue weighted by molar-refractivity contribution is 0.0343. The lowest BCUT2D eigenvalue weighted by Gasteiger charge is -2.39. The summed E-state index contributed by atoms with van der Waals surface area (Å²) in [6.45, 7) is 12.3. The summed E-state index contributed by atoms with van der Waals surface area (Å²) in [4.78, 5) is 6.92. The van der Waals surface area contributed by atoms with Gasteiger partial charge in [-0.15, -0.1) is 0 Å². The minimum atomic E-state index is 0.288. The van der Waals surface area contributed by atoms with Gasteiger partial charge in [-0.1, -0.05) is 6.92 Å². The number of anilines is 1. The first-order valence-corrected chi connectivity index (χ1v) is 7.66. The molecule has 0 bridgehead atoms. The van der Waals surface area contributed by atoms with Gasteiger partial charge < -0.3 is 15.0 Å². The molecule has 2 atom stereocenters.